The fraction of sp³-hybridized carbons (Fsp3) is 0.467. The molecule has 1 aliphatic heterocycles. The minimum atomic E-state index is -0.697. The van der Waals surface area contributed by atoms with E-state index in [1.807, 2.05) is 24.3 Å². The quantitative estimate of drug-likeness (QED) is 0.209. The van der Waals surface area contributed by atoms with Gasteiger partial charge in [0.05, 0.1) is 25.8 Å². The van der Waals surface area contributed by atoms with E-state index in [0.717, 1.165) is 57.3 Å². The first-order valence-corrected chi connectivity index (χ1v) is 13.2. The molecular weight excluding hydrogens is 468 g/mol. The van der Waals surface area contributed by atoms with Crippen LogP contribution >= 0.6 is 0 Å². The number of aliphatic hydroxyl groups is 1. The van der Waals surface area contributed by atoms with Crippen LogP contribution in [-0.2, 0) is 9.59 Å². The maximum Gasteiger partial charge on any atom is 0.295 e. The minimum Gasteiger partial charge on any atom is -0.507 e. The number of ether oxygens (including phenoxy) is 2. The van der Waals surface area contributed by atoms with Gasteiger partial charge in [0.15, 0.2) is 0 Å². The highest BCUT2D eigenvalue weighted by atomic mass is 16.5. The smallest absolute Gasteiger partial charge is 0.295 e. The summed E-state index contributed by atoms with van der Waals surface area (Å²) < 4.78 is 10.6. The summed E-state index contributed by atoms with van der Waals surface area (Å²) in [5, 5.41) is 11.3. The number of carbonyl (C=O) groups excluding carboxylic acids is 2. The molecular formula is C30H40N2O5. The molecule has 0 unspecified atom stereocenters. The van der Waals surface area contributed by atoms with Crippen molar-refractivity contribution < 1.29 is 24.2 Å². The van der Waals surface area contributed by atoms with Crippen molar-refractivity contribution in [3.8, 4) is 11.5 Å². The molecule has 2 aromatic rings. The third-order valence-electron chi connectivity index (χ3n) is 6.84. The summed E-state index contributed by atoms with van der Waals surface area (Å²) in [6, 6.07) is 13.4. The van der Waals surface area contributed by atoms with Gasteiger partial charge in [-0.3, -0.25) is 9.59 Å². The van der Waals surface area contributed by atoms with E-state index in [0.29, 0.717) is 23.6 Å². The van der Waals surface area contributed by atoms with Gasteiger partial charge in [-0.1, -0.05) is 38.8 Å². The minimum absolute atomic E-state index is 0.0947. The van der Waals surface area contributed by atoms with Crippen molar-refractivity contribution in [3.63, 3.8) is 0 Å². The molecule has 7 nitrogen and oxygen atoms in total. The highest BCUT2D eigenvalue weighted by molar-refractivity contribution is 6.46. The number of carbonyl (C=O) groups is 2. The van der Waals surface area contributed by atoms with Gasteiger partial charge in [-0.25, -0.2) is 0 Å². The molecule has 37 heavy (non-hydrogen) atoms. The molecule has 1 amide bonds. The number of hydrogen-bond acceptors (Lipinski definition) is 6. The van der Waals surface area contributed by atoms with E-state index in [4.69, 9.17) is 9.47 Å². The number of aliphatic hydroxyl groups excluding tert-OH is 1. The van der Waals surface area contributed by atoms with Crippen LogP contribution in [-0.4, -0.2) is 67.0 Å². The lowest BCUT2D eigenvalue weighted by Crippen LogP contribution is -2.34. The Kier molecular flexibility index (Phi) is 10.6. The Balaban J connectivity index is 1.94. The summed E-state index contributed by atoms with van der Waals surface area (Å²) in [5.41, 5.74) is 1.27. The van der Waals surface area contributed by atoms with E-state index < -0.39 is 17.7 Å². The van der Waals surface area contributed by atoms with Gasteiger partial charge in [0.25, 0.3) is 11.7 Å². The lowest BCUT2D eigenvalue weighted by molar-refractivity contribution is -0.140. The molecule has 0 aromatic heterocycles. The van der Waals surface area contributed by atoms with Gasteiger partial charge in [-0.2, -0.15) is 0 Å². The Hall–Kier alpha value is -3.32. The first-order chi connectivity index (χ1) is 17.9. The van der Waals surface area contributed by atoms with Gasteiger partial charge in [-0.15, -0.1) is 0 Å². The molecule has 7 heteroatoms. The Morgan fingerprint density at radius 1 is 0.892 bits per heavy atom. The largest absolute Gasteiger partial charge is 0.507 e. The first-order valence-electron chi connectivity index (χ1n) is 13.2. The van der Waals surface area contributed by atoms with Crippen LogP contribution in [0.4, 0.5) is 0 Å². The summed E-state index contributed by atoms with van der Waals surface area (Å²) in [5.74, 6) is -0.190. The van der Waals surface area contributed by atoms with E-state index >= 15 is 0 Å². The molecule has 0 bridgehead atoms. The second-order valence-electron chi connectivity index (χ2n) is 9.40. The van der Waals surface area contributed by atoms with Crippen molar-refractivity contribution in [2.24, 2.45) is 0 Å². The Morgan fingerprint density at radius 3 is 2.11 bits per heavy atom. The number of nitrogens with zero attached hydrogens (tertiary/aromatic N) is 2. The van der Waals surface area contributed by atoms with Gasteiger partial charge in [-0.05, 0) is 80.9 Å². The molecule has 3 rings (SSSR count). The van der Waals surface area contributed by atoms with Crippen LogP contribution in [0.3, 0.4) is 0 Å². The van der Waals surface area contributed by atoms with Gasteiger partial charge in [0.1, 0.15) is 17.3 Å². The summed E-state index contributed by atoms with van der Waals surface area (Å²) in [6.07, 6.45) is 5.29. The molecule has 1 aliphatic rings. The zero-order chi connectivity index (χ0) is 26.8. The van der Waals surface area contributed by atoms with Gasteiger partial charge >= 0.3 is 0 Å². The third-order valence-corrected chi connectivity index (χ3v) is 6.84. The molecule has 1 saturated heterocycles. The summed E-state index contributed by atoms with van der Waals surface area (Å²) in [4.78, 5) is 30.6. The topological polar surface area (TPSA) is 79.3 Å². The van der Waals surface area contributed by atoms with Crippen LogP contribution in [0.5, 0.6) is 11.5 Å². The maximum absolute atomic E-state index is 13.3. The molecule has 0 spiro atoms. The van der Waals surface area contributed by atoms with Crippen LogP contribution in [0.2, 0.25) is 0 Å². The molecule has 0 aliphatic carbocycles. The SMILES string of the molecule is CCCCN(CCCC)CCCN1C(=O)C(=O)C(=C(O)c2ccc(OC)cc2)[C@H]1c1cccc(OC)c1. The van der Waals surface area contributed by atoms with Crippen molar-refractivity contribution in [2.45, 2.75) is 52.0 Å². The van der Waals surface area contributed by atoms with Crippen molar-refractivity contribution in [1.29, 1.82) is 0 Å². The van der Waals surface area contributed by atoms with Crippen molar-refractivity contribution in [2.75, 3.05) is 40.4 Å². The Morgan fingerprint density at radius 2 is 1.51 bits per heavy atom. The molecule has 1 heterocycles. The number of ketones is 1. The van der Waals surface area contributed by atoms with E-state index in [-0.39, 0.29) is 11.3 Å². The maximum atomic E-state index is 13.3. The highest BCUT2D eigenvalue weighted by Gasteiger charge is 2.45. The number of benzene rings is 2. The number of unbranched alkanes of at least 4 members (excludes halogenated alkanes) is 2. The number of likely N-dealkylation sites (tertiary alicyclic amines) is 1. The number of rotatable bonds is 14. The van der Waals surface area contributed by atoms with Crippen molar-refractivity contribution in [3.05, 3.63) is 65.2 Å². The lowest BCUT2D eigenvalue weighted by Gasteiger charge is -2.27. The van der Waals surface area contributed by atoms with Crippen LogP contribution in [0.25, 0.3) is 5.76 Å². The number of Topliss-reactive ketones (excluding diaryl/α,β-unsaturated/α-hetero) is 1. The van der Waals surface area contributed by atoms with E-state index in [2.05, 4.69) is 18.7 Å². The monoisotopic (exact) mass is 508 g/mol. The normalized spacial score (nSPS) is 17.0. The molecule has 0 radical (unpaired) electrons. The standard InChI is InChI=1S/C30H40N2O5/c1-5-7-17-31(18-8-6-2)19-10-20-32-27(23-11-9-12-25(21-23)37-4)26(29(34)30(32)35)28(33)22-13-15-24(36-3)16-14-22/h9,11-16,21,27,33H,5-8,10,17-20H2,1-4H3/t27-/m1/s1. The predicted molar refractivity (Wildman–Crippen MR) is 146 cm³/mol. The Bertz CT molecular complexity index is 1070. The van der Waals surface area contributed by atoms with Crippen LogP contribution < -0.4 is 9.47 Å². The molecule has 200 valence electrons. The molecule has 1 atom stereocenters. The second-order valence-corrected chi connectivity index (χ2v) is 9.40. The van der Waals surface area contributed by atoms with E-state index in [9.17, 15) is 14.7 Å². The van der Waals surface area contributed by atoms with E-state index in [1.165, 1.54) is 0 Å². The van der Waals surface area contributed by atoms with Crippen molar-refractivity contribution in [1.82, 2.24) is 9.80 Å². The molecule has 1 N–H and O–H groups in total. The van der Waals surface area contributed by atoms with Crippen molar-refractivity contribution >= 4 is 17.4 Å². The van der Waals surface area contributed by atoms with Crippen LogP contribution in [0, 0.1) is 0 Å². The predicted octanol–water partition coefficient (Wildman–Crippen LogP) is 5.42. The zero-order valence-corrected chi connectivity index (χ0v) is 22.5. The summed E-state index contributed by atoms with van der Waals surface area (Å²) >= 11 is 0. The molecule has 1 fully saturated rings. The Labute approximate surface area is 220 Å². The lowest BCUT2D eigenvalue weighted by atomic mass is 9.95. The number of hydrogen-bond donors (Lipinski definition) is 1. The average Bonchev–Trinajstić information content (AvgIpc) is 3.18. The average molecular weight is 509 g/mol. The number of methoxy groups -OCH3 is 2. The second kappa shape index (κ2) is 13.8. The fourth-order valence-corrected chi connectivity index (χ4v) is 4.74. The fourth-order valence-electron chi connectivity index (χ4n) is 4.74. The summed E-state index contributed by atoms with van der Waals surface area (Å²) in [7, 11) is 3.14. The molecule has 2 aromatic carbocycles. The molecule has 0 saturated carbocycles. The van der Waals surface area contributed by atoms with Crippen LogP contribution in [0.15, 0.2) is 54.1 Å². The number of amides is 1. The van der Waals surface area contributed by atoms with Gasteiger partial charge in [0, 0.05) is 12.1 Å². The first kappa shape index (κ1) is 28.3. The third kappa shape index (κ3) is 6.92. The summed E-state index contributed by atoms with van der Waals surface area (Å²) in [6.45, 7) is 7.72. The van der Waals surface area contributed by atoms with Crippen LogP contribution in [0.1, 0.15) is 63.1 Å². The van der Waals surface area contributed by atoms with Gasteiger partial charge < -0.3 is 24.4 Å². The van der Waals surface area contributed by atoms with Gasteiger partial charge in [0.2, 0.25) is 0 Å². The zero-order valence-electron chi connectivity index (χ0n) is 22.5. The van der Waals surface area contributed by atoms with E-state index in [1.54, 1.807) is 43.4 Å². The highest BCUT2D eigenvalue weighted by Crippen LogP contribution is 2.40.